The predicted octanol–water partition coefficient (Wildman–Crippen LogP) is 3.10. The molecule has 1 unspecified atom stereocenters. The minimum Gasteiger partial charge on any atom is -0.448 e. The second-order valence-corrected chi connectivity index (χ2v) is 6.47. The molecule has 0 aliphatic carbocycles. The van der Waals surface area contributed by atoms with Crippen LogP contribution < -0.4 is 10.8 Å². The molecule has 6 nitrogen and oxygen atoms in total. The Kier molecular flexibility index (Phi) is 4.65. The van der Waals surface area contributed by atoms with Gasteiger partial charge in [-0.2, -0.15) is 5.48 Å². The summed E-state index contributed by atoms with van der Waals surface area (Å²) in [4.78, 5) is 20.2. The number of benzene rings is 1. The van der Waals surface area contributed by atoms with Crippen LogP contribution in [0.4, 0.5) is 10.6 Å². The van der Waals surface area contributed by atoms with Gasteiger partial charge in [-0.3, -0.25) is 0 Å². The number of thioether (sulfide) groups is 1. The average molecular weight is 319 g/mol. The van der Waals surface area contributed by atoms with Gasteiger partial charge >= 0.3 is 6.16 Å². The third-order valence-electron chi connectivity index (χ3n) is 3.53. The summed E-state index contributed by atoms with van der Waals surface area (Å²) < 4.78 is 0. The molecule has 0 saturated carbocycles. The number of nitrogens with zero attached hydrogens (tertiary/aromatic N) is 1. The molecule has 116 valence electrons. The molecule has 1 aromatic heterocycles. The van der Waals surface area contributed by atoms with Gasteiger partial charge in [0.25, 0.3) is 0 Å². The van der Waals surface area contributed by atoms with Crippen molar-refractivity contribution in [2.45, 2.75) is 23.0 Å². The first-order valence-corrected chi connectivity index (χ1v) is 8.02. The molecule has 7 heteroatoms. The number of carboxylic acid groups (broad SMARTS) is 1. The molecule has 0 bridgehead atoms. The Balaban J connectivity index is 1.79. The van der Waals surface area contributed by atoms with E-state index in [1.54, 1.807) is 6.20 Å². The maximum absolute atomic E-state index is 10.5. The van der Waals surface area contributed by atoms with E-state index >= 15 is 0 Å². The molecule has 1 aliphatic rings. The zero-order valence-electron chi connectivity index (χ0n) is 11.9. The smallest absolute Gasteiger partial charge is 0.448 e. The molecule has 1 aromatic carbocycles. The maximum Gasteiger partial charge on any atom is 0.530 e. The van der Waals surface area contributed by atoms with E-state index in [0.717, 1.165) is 23.9 Å². The highest BCUT2D eigenvalue weighted by molar-refractivity contribution is 8.00. The van der Waals surface area contributed by atoms with Gasteiger partial charge in [0, 0.05) is 28.3 Å². The highest BCUT2D eigenvalue weighted by atomic mass is 32.2. The molecule has 22 heavy (non-hydrogen) atoms. The molecule has 1 aliphatic heterocycles. The lowest BCUT2D eigenvalue weighted by Gasteiger charge is -2.22. The summed E-state index contributed by atoms with van der Waals surface area (Å²) in [6.45, 7) is 2.15. The number of hydrogen-bond acceptors (Lipinski definition) is 6. The number of nitrogens with one attached hydrogen (secondary N) is 2. The molecule has 3 rings (SSSR count). The van der Waals surface area contributed by atoms with E-state index in [4.69, 9.17) is 5.11 Å². The lowest BCUT2D eigenvalue weighted by Crippen LogP contribution is -2.31. The molecule has 3 N–H and O–H groups in total. The van der Waals surface area contributed by atoms with Crippen molar-refractivity contribution in [1.29, 1.82) is 0 Å². The van der Waals surface area contributed by atoms with Gasteiger partial charge < -0.3 is 15.3 Å². The molecular weight excluding hydrogens is 302 g/mol. The first-order valence-electron chi connectivity index (χ1n) is 7.14. The van der Waals surface area contributed by atoms with Gasteiger partial charge in [0.15, 0.2) is 5.82 Å². The fraction of sp³-hybridized carbons (Fsp3) is 0.333. The van der Waals surface area contributed by atoms with Gasteiger partial charge in [0.1, 0.15) is 0 Å². The van der Waals surface area contributed by atoms with Gasteiger partial charge in [0.2, 0.25) is 0 Å². The third kappa shape index (κ3) is 3.61. The van der Waals surface area contributed by atoms with Crippen LogP contribution in [-0.2, 0) is 4.84 Å². The van der Waals surface area contributed by atoms with E-state index in [1.165, 1.54) is 17.7 Å². The zero-order valence-corrected chi connectivity index (χ0v) is 12.7. The summed E-state index contributed by atoms with van der Waals surface area (Å²) in [7, 11) is 0. The number of piperidine rings is 1. The Morgan fingerprint density at radius 2 is 2.36 bits per heavy atom. The van der Waals surface area contributed by atoms with E-state index in [-0.39, 0.29) is 0 Å². The predicted molar refractivity (Wildman–Crippen MR) is 86.2 cm³/mol. The van der Waals surface area contributed by atoms with Crippen molar-refractivity contribution < 1.29 is 14.7 Å². The zero-order chi connectivity index (χ0) is 15.4. The van der Waals surface area contributed by atoms with E-state index in [2.05, 4.69) is 26.7 Å². The van der Waals surface area contributed by atoms with Crippen LogP contribution in [0.2, 0.25) is 0 Å². The Morgan fingerprint density at radius 3 is 3.14 bits per heavy atom. The SMILES string of the molecule is O=C(O)ONc1nccc2cc(SC3CCCNC3)ccc12. The van der Waals surface area contributed by atoms with Crippen molar-refractivity contribution in [3.05, 3.63) is 30.5 Å². The first kappa shape index (κ1) is 14.9. The number of pyridine rings is 1. The largest absolute Gasteiger partial charge is 0.530 e. The Bertz CT molecular complexity index is 674. The molecule has 0 spiro atoms. The van der Waals surface area contributed by atoms with Crippen LogP contribution in [0.1, 0.15) is 12.8 Å². The molecule has 2 aromatic rings. The number of anilines is 1. The van der Waals surface area contributed by atoms with Crippen LogP contribution in [0.5, 0.6) is 0 Å². The summed E-state index contributed by atoms with van der Waals surface area (Å²) in [6.07, 6.45) is 2.68. The van der Waals surface area contributed by atoms with Gasteiger partial charge in [-0.1, -0.05) is 0 Å². The summed E-state index contributed by atoms with van der Waals surface area (Å²) >= 11 is 1.87. The fourth-order valence-electron chi connectivity index (χ4n) is 2.52. The second-order valence-electron chi connectivity index (χ2n) is 5.10. The van der Waals surface area contributed by atoms with Crippen LogP contribution >= 0.6 is 11.8 Å². The number of aromatic nitrogens is 1. The van der Waals surface area contributed by atoms with Crippen molar-refractivity contribution in [2.75, 3.05) is 18.6 Å². The molecule has 1 saturated heterocycles. The second kappa shape index (κ2) is 6.85. The average Bonchev–Trinajstić information content (AvgIpc) is 2.53. The number of fused-ring (bicyclic) bond motifs is 1. The number of rotatable bonds is 4. The number of hydrogen-bond donors (Lipinski definition) is 3. The van der Waals surface area contributed by atoms with Crippen LogP contribution in [0.15, 0.2) is 35.4 Å². The van der Waals surface area contributed by atoms with E-state index in [9.17, 15) is 4.79 Å². The normalized spacial score (nSPS) is 18.1. The Hall–Kier alpha value is -1.99. The molecule has 0 radical (unpaired) electrons. The lowest BCUT2D eigenvalue weighted by molar-refractivity contribution is 0.112. The maximum atomic E-state index is 10.5. The monoisotopic (exact) mass is 319 g/mol. The summed E-state index contributed by atoms with van der Waals surface area (Å²) in [5.74, 6) is 0.399. The molecule has 0 amide bonds. The van der Waals surface area contributed by atoms with E-state index in [0.29, 0.717) is 11.1 Å². The van der Waals surface area contributed by atoms with Crippen molar-refractivity contribution in [3.8, 4) is 0 Å². The quantitative estimate of drug-likeness (QED) is 0.747. The van der Waals surface area contributed by atoms with Crippen molar-refractivity contribution in [1.82, 2.24) is 10.3 Å². The third-order valence-corrected chi connectivity index (χ3v) is 4.79. The van der Waals surface area contributed by atoms with Crippen molar-refractivity contribution in [2.24, 2.45) is 0 Å². The van der Waals surface area contributed by atoms with Gasteiger partial charge in [-0.25, -0.2) is 9.78 Å². The fourth-order valence-corrected chi connectivity index (χ4v) is 3.73. The van der Waals surface area contributed by atoms with Crippen LogP contribution in [-0.4, -0.2) is 34.6 Å². The lowest BCUT2D eigenvalue weighted by atomic mass is 10.1. The van der Waals surface area contributed by atoms with Crippen LogP contribution in [0.3, 0.4) is 0 Å². The standard InChI is InChI=1S/C15H17N3O3S/c19-15(20)21-18-14-13-4-3-11(8-10(13)5-7-17-14)22-12-2-1-6-16-9-12/h3-5,7-8,12,16H,1-2,6,9H2,(H,17,18)(H,19,20). The summed E-state index contributed by atoms with van der Waals surface area (Å²) in [6, 6.07) is 7.98. The Labute approximate surface area is 132 Å². The molecular formula is C15H17N3O3S. The van der Waals surface area contributed by atoms with E-state index < -0.39 is 6.16 Å². The summed E-state index contributed by atoms with van der Waals surface area (Å²) in [5, 5.41) is 14.4. The van der Waals surface area contributed by atoms with Crippen LogP contribution in [0, 0.1) is 0 Å². The highest BCUT2D eigenvalue weighted by Crippen LogP contribution is 2.31. The molecule has 2 heterocycles. The van der Waals surface area contributed by atoms with Crippen molar-refractivity contribution >= 4 is 34.5 Å². The Morgan fingerprint density at radius 1 is 1.45 bits per heavy atom. The topological polar surface area (TPSA) is 83.5 Å². The van der Waals surface area contributed by atoms with Gasteiger partial charge in [0.05, 0.1) is 0 Å². The molecule has 1 atom stereocenters. The molecule has 1 fully saturated rings. The minimum absolute atomic E-state index is 0.399. The minimum atomic E-state index is -1.39. The first-order chi connectivity index (χ1) is 10.7. The van der Waals surface area contributed by atoms with Crippen LogP contribution in [0.25, 0.3) is 10.8 Å². The van der Waals surface area contributed by atoms with Gasteiger partial charge in [-0.15, -0.1) is 11.8 Å². The highest BCUT2D eigenvalue weighted by Gasteiger charge is 2.14. The van der Waals surface area contributed by atoms with Gasteiger partial charge in [-0.05, 0) is 49.0 Å². The summed E-state index contributed by atoms with van der Waals surface area (Å²) in [5.41, 5.74) is 2.36. The van der Waals surface area contributed by atoms with E-state index in [1.807, 2.05) is 30.0 Å². The van der Waals surface area contributed by atoms with Crippen molar-refractivity contribution in [3.63, 3.8) is 0 Å². The number of carbonyl (C=O) groups is 1.